The van der Waals surface area contributed by atoms with Crippen LogP contribution in [0.15, 0.2) is 30.3 Å². The molecule has 0 aliphatic heterocycles. The summed E-state index contributed by atoms with van der Waals surface area (Å²) in [6.45, 7) is 0.560. The second-order valence-electron chi connectivity index (χ2n) is 5.66. The molecule has 0 radical (unpaired) electrons. The lowest BCUT2D eigenvalue weighted by molar-refractivity contribution is 0.0929. The minimum atomic E-state index is -0.201. The number of hydrogen-bond donors (Lipinski definition) is 1. The van der Waals surface area contributed by atoms with E-state index in [2.05, 4.69) is 26.8 Å². The Morgan fingerprint density at radius 1 is 1.39 bits per heavy atom. The number of nitriles is 1. The van der Waals surface area contributed by atoms with Crippen molar-refractivity contribution in [1.82, 2.24) is 25.5 Å². The van der Waals surface area contributed by atoms with Crippen molar-refractivity contribution in [3.8, 4) is 6.07 Å². The molecule has 0 bridgehead atoms. The summed E-state index contributed by atoms with van der Waals surface area (Å²) in [6.07, 6.45) is 3.27. The summed E-state index contributed by atoms with van der Waals surface area (Å²) in [5.74, 6) is 0.802. The van der Waals surface area contributed by atoms with Gasteiger partial charge in [0.05, 0.1) is 18.7 Å². The summed E-state index contributed by atoms with van der Waals surface area (Å²) in [6, 6.07) is 11.0. The monoisotopic (exact) mass is 310 g/mol. The van der Waals surface area contributed by atoms with Crippen LogP contribution in [0.25, 0.3) is 0 Å². The van der Waals surface area contributed by atoms with Crippen LogP contribution in [0.4, 0.5) is 0 Å². The Kier molecular flexibility index (Phi) is 4.62. The van der Waals surface area contributed by atoms with E-state index >= 15 is 0 Å². The van der Waals surface area contributed by atoms with Crippen molar-refractivity contribution in [2.75, 3.05) is 0 Å². The Bertz CT molecular complexity index is 701. The number of tetrazole rings is 1. The number of hydrogen-bond acceptors (Lipinski definition) is 5. The smallest absolute Gasteiger partial charge is 0.251 e. The van der Waals surface area contributed by atoms with Crippen LogP contribution in [0.1, 0.15) is 47.9 Å². The van der Waals surface area contributed by atoms with Gasteiger partial charge in [0, 0.05) is 12.0 Å². The van der Waals surface area contributed by atoms with E-state index in [0.29, 0.717) is 36.7 Å². The van der Waals surface area contributed by atoms with Crippen molar-refractivity contribution < 1.29 is 4.79 Å². The van der Waals surface area contributed by atoms with Gasteiger partial charge in [-0.25, -0.2) is 0 Å². The van der Waals surface area contributed by atoms with Gasteiger partial charge >= 0.3 is 0 Å². The number of nitrogens with zero attached hydrogens (tertiary/aromatic N) is 5. The largest absolute Gasteiger partial charge is 0.342 e. The second kappa shape index (κ2) is 7.01. The molecule has 1 aromatic carbocycles. The fraction of sp³-hybridized carbons (Fsp3) is 0.438. The molecular weight excluding hydrogens is 292 g/mol. The van der Waals surface area contributed by atoms with Gasteiger partial charge in [-0.2, -0.15) is 10.1 Å². The van der Waals surface area contributed by atoms with E-state index in [-0.39, 0.29) is 11.9 Å². The van der Waals surface area contributed by atoms with Gasteiger partial charge in [-0.15, -0.1) is 10.2 Å². The number of benzene rings is 1. The zero-order valence-corrected chi connectivity index (χ0v) is 12.7. The standard InChI is InChI=1S/C16H18N6O/c17-10-4-5-11-22-20-15(19-21-22)14(12-8-9-12)18-16(23)13-6-2-1-3-7-13/h1-3,6-7,12,14H,4-5,8-9,11H2,(H,18,23)/t14-/m1/s1. The van der Waals surface area contributed by atoms with Gasteiger partial charge in [0.2, 0.25) is 0 Å². The molecule has 1 fully saturated rings. The molecule has 1 heterocycles. The molecular formula is C16H18N6O. The van der Waals surface area contributed by atoms with Gasteiger partial charge in [-0.3, -0.25) is 4.79 Å². The van der Waals surface area contributed by atoms with Crippen molar-refractivity contribution in [3.63, 3.8) is 0 Å². The Morgan fingerprint density at radius 2 is 2.17 bits per heavy atom. The summed E-state index contributed by atoms with van der Waals surface area (Å²) >= 11 is 0. The van der Waals surface area contributed by atoms with E-state index in [1.165, 1.54) is 4.80 Å². The molecule has 1 atom stereocenters. The first kappa shape index (κ1) is 15.2. The van der Waals surface area contributed by atoms with Gasteiger partial charge in [0.25, 0.3) is 5.91 Å². The molecule has 0 unspecified atom stereocenters. The lowest BCUT2D eigenvalue weighted by Gasteiger charge is -2.14. The average molecular weight is 310 g/mol. The Morgan fingerprint density at radius 3 is 2.87 bits per heavy atom. The third kappa shape index (κ3) is 3.92. The number of carbonyl (C=O) groups is 1. The molecule has 1 aliphatic rings. The number of amides is 1. The molecule has 3 rings (SSSR count). The van der Waals surface area contributed by atoms with Gasteiger partial charge < -0.3 is 5.32 Å². The Balaban J connectivity index is 1.67. The molecule has 7 nitrogen and oxygen atoms in total. The third-order valence-corrected chi connectivity index (χ3v) is 3.81. The van der Waals surface area contributed by atoms with E-state index in [9.17, 15) is 4.79 Å². The fourth-order valence-corrected chi connectivity index (χ4v) is 2.41. The lowest BCUT2D eigenvalue weighted by Crippen LogP contribution is -2.30. The number of unbranched alkanes of at least 4 members (excludes halogenated alkanes) is 1. The van der Waals surface area contributed by atoms with E-state index in [1.807, 2.05) is 18.2 Å². The van der Waals surface area contributed by atoms with Crippen LogP contribution in [0.3, 0.4) is 0 Å². The van der Waals surface area contributed by atoms with Crippen LogP contribution in [0.5, 0.6) is 0 Å². The van der Waals surface area contributed by atoms with Crippen LogP contribution in [-0.4, -0.2) is 26.1 Å². The van der Waals surface area contributed by atoms with Crippen LogP contribution >= 0.6 is 0 Å². The average Bonchev–Trinajstić information content (AvgIpc) is 3.32. The molecule has 0 spiro atoms. The molecule has 1 aliphatic carbocycles. The van der Waals surface area contributed by atoms with E-state index in [0.717, 1.165) is 12.8 Å². The van der Waals surface area contributed by atoms with Gasteiger partial charge in [0.15, 0.2) is 5.82 Å². The van der Waals surface area contributed by atoms with E-state index < -0.39 is 0 Å². The zero-order chi connectivity index (χ0) is 16.1. The third-order valence-electron chi connectivity index (χ3n) is 3.81. The number of aromatic nitrogens is 4. The lowest BCUT2D eigenvalue weighted by atomic mass is 10.1. The number of carbonyl (C=O) groups excluding carboxylic acids is 1. The first-order valence-electron chi connectivity index (χ1n) is 7.78. The maximum atomic E-state index is 12.3. The highest BCUT2D eigenvalue weighted by Gasteiger charge is 2.36. The molecule has 2 aromatic rings. The first-order chi connectivity index (χ1) is 11.3. The van der Waals surface area contributed by atoms with Crippen molar-refractivity contribution in [3.05, 3.63) is 41.7 Å². The first-order valence-corrected chi connectivity index (χ1v) is 7.78. The maximum absolute atomic E-state index is 12.3. The quantitative estimate of drug-likeness (QED) is 0.787. The Labute approximate surface area is 134 Å². The minimum absolute atomic E-state index is 0.122. The minimum Gasteiger partial charge on any atom is -0.342 e. The van der Waals surface area contributed by atoms with E-state index in [1.54, 1.807) is 12.1 Å². The fourth-order valence-electron chi connectivity index (χ4n) is 2.41. The molecule has 7 heteroatoms. The highest BCUT2D eigenvalue weighted by atomic mass is 16.1. The number of rotatable bonds is 7. The van der Waals surface area contributed by atoms with Crippen LogP contribution < -0.4 is 5.32 Å². The van der Waals surface area contributed by atoms with Gasteiger partial charge in [-0.1, -0.05) is 18.2 Å². The normalized spacial score (nSPS) is 14.9. The zero-order valence-electron chi connectivity index (χ0n) is 12.7. The van der Waals surface area contributed by atoms with Crippen LogP contribution in [0.2, 0.25) is 0 Å². The Hall–Kier alpha value is -2.75. The number of nitrogens with one attached hydrogen (secondary N) is 1. The van der Waals surface area contributed by atoms with Gasteiger partial charge in [0.1, 0.15) is 0 Å². The topological polar surface area (TPSA) is 96.5 Å². The summed E-state index contributed by atoms with van der Waals surface area (Å²) in [4.78, 5) is 13.8. The second-order valence-corrected chi connectivity index (χ2v) is 5.66. The SMILES string of the molecule is N#CCCCn1nnc([C@H](NC(=O)c2ccccc2)C2CC2)n1. The van der Waals surface area contributed by atoms with Crippen LogP contribution in [0, 0.1) is 17.2 Å². The van der Waals surface area contributed by atoms with Crippen molar-refractivity contribution in [1.29, 1.82) is 5.26 Å². The molecule has 1 amide bonds. The predicted molar refractivity (Wildman–Crippen MR) is 82.0 cm³/mol. The summed E-state index contributed by atoms with van der Waals surface area (Å²) < 4.78 is 0. The molecule has 23 heavy (non-hydrogen) atoms. The van der Waals surface area contributed by atoms with Crippen molar-refractivity contribution in [2.24, 2.45) is 5.92 Å². The van der Waals surface area contributed by atoms with Crippen molar-refractivity contribution >= 4 is 5.91 Å². The molecule has 1 N–H and O–H groups in total. The maximum Gasteiger partial charge on any atom is 0.251 e. The summed E-state index contributed by atoms with van der Waals surface area (Å²) in [5.41, 5.74) is 0.625. The summed E-state index contributed by atoms with van der Waals surface area (Å²) in [7, 11) is 0. The van der Waals surface area contributed by atoms with Gasteiger partial charge in [-0.05, 0) is 42.5 Å². The molecule has 1 aromatic heterocycles. The van der Waals surface area contributed by atoms with Crippen molar-refractivity contribution in [2.45, 2.75) is 38.3 Å². The highest BCUT2D eigenvalue weighted by molar-refractivity contribution is 5.94. The van der Waals surface area contributed by atoms with E-state index in [4.69, 9.17) is 5.26 Å². The summed E-state index contributed by atoms with van der Waals surface area (Å²) in [5, 5.41) is 24.0. The molecule has 0 saturated heterocycles. The predicted octanol–water partition coefficient (Wildman–Crippen LogP) is 1.86. The molecule has 118 valence electrons. The molecule has 1 saturated carbocycles. The number of aryl methyl sites for hydroxylation is 1. The highest BCUT2D eigenvalue weighted by Crippen LogP contribution is 2.39. The van der Waals surface area contributed by atoms with Crippen LogP contribution in [-0.2, 0) is 6.54 Å².